The third-order valence-electron chi connectivity index (χ3n) is 3.29. The first kappa shape index (κ1) is 8.05. The molecule has 0 amide bonds. The average Bonchev–Trinajstić information content (AvgIpc) is 2.31. The van der Waals surface area contributed by atoms with Gasteiger partial charge in [-0.3, -0.25) is 4.79 Å². The van der Waals surface area contributed by atoms with E-state index in [1.165, 1.54) is 19.3 Å². The van der Waals surface area contributed by atoms with E-state index in [9.17, 15) is 4.79 Å². The van der Waals surface area contributed by atoms with Crippen molar-refractivity contribution in [1.29, 1.82) is 0 Å². The Labute approximate surface area is 72.2 Å². The monoisotopic (exact) mass is 169 g/mol. The van der Waals surface area contributed by atoms with Gasteiger partial charge in [0.2, 0.25) is 0 Å². The van der Waals surface area contributed by atoms with Crippen LogP contribution >= 0.6 is 0 Å². The molecule has 0 spiro atoms. The van der Waals surface area contributed by atoms with Gasteiger partial charge in [-0.2, -0.15) is 0 Å². The van der Waals surface area contributed by atoms with Crippen molar-refractivity contribution < 1.29 is 9.90 Å². The normalized spacial score (nSPS) is 36.3. The van der Waals surface area contributed by atoms with Crippen LogP contribution in [0.3, 0.4) is 0 Å². The van der Waals surface area contributed by atoms with Crippen molar-refractivity contribution in [2.45, 2.75) is 31.7 Å². The zero-order valence-corrected chi connectivity index (χ0v) is 7.12. The minimum Gasteiger partial charge on any atom is -0.480 e. The second kappa shape index (κ2) is 3.05. The maximum absolute atomic E-state index is 10.8. The highest BCUT2D eigenvalue weighted by Gasteiger charge is 2.39. The number of hydrogen-bond donors (Lipinski definition) is 2. The van der Waals surface area contributed by atoms with E-state index in [2.05, 4.69) is 5.32 Å². The van der Waals surface area contributed by atoms with Crippen LogP contribution in [0.25, 0.3) is 0 Å². The Morgan fingerprint density at radius 3 is 2.58 bits per heavy atom. The molecule has 2 N–H and O–H groups in total. The van der Waals surface area contributed by atoms with E-state index >= 15 is 0 Å². The minimum absolute atomic E-state index is 0.254. The second-order valence-corrected chi connectivity index (χ2v) is 3.91. The lowest BCUT2D eigenvalue weighted by Gasteiger charge is -2.33. The molecule has 0 bridgehead atoms. The summed E-state index contributed by atoms with van der Waals surface area (Å²) in [4.78, 5) is 10.8. The van der Waals surface area contributed by atoms with Crippen molar-refractivity contribution in [3.05, 3.63) is 0 Å². The number of hydrogen-bond acceptors (Lipinski definition) is 2. The summed E-state index contributed by atoms with van der Waals surface area (Å²) < 4.78 is 0. The molecular formula is C9H15NO2. The van der Waals surface area contributed by atoms with E-state index < -0.39 is 5.97 Å². The summed E-state index contributed by atoms with van der Waals surface area (Å²) >= 11 is 0. The highest BCUT2D eigenvalue weighted by molar-refractivity contribution is 5.74. The van der Waals surface area contributed by atoms with E-state index in [1.807, 2.05) is 0 Å². The largest absolute Gasteiger partial charge is 0.480 e. The molecule has 1 heterocycles. The maximum Gasteiger partial charge on any atom is 0.320 e. The molecule has 12 heavy (non-hydrogen) atoms. The van der Waals surface area contributed by atoms with Gasteiger partial charge in [-0.1, -0.05) is 19.3 Å². The summed E-state index contributed by atoms with van der Waals surface area (Å²) in [6.07, 6.45) is 4.85. The van der Waals surface area contributed by atoms with Crippen molar-refractivity contribution in [3.63, 3.8) is 0 Å². The summed E-state index contributed by atoms with van der Waals surface area (Å²) in [7, 11) is 0. The Hall–Kier alpha value is -0.570. The van der Waals surface area contributed by atoms with E-state index in [1.54, 1.807) is 0 Å². The molecule has 2 aliphatic rings. The Morgan fingerprint density at radius 2 is 2.08 bits per heavy atom. The second-order valence-electron chi connectivity index (χ2n) is 3.91. The summed E-state index contributed by atoms with van der Waals surface area (Å²) in [5, 5.41) is 11.9. The van der Waals surface area contributed by atoms with Crippen molar-refractivity contribution in [3.8, 4) is 0 Å². The summed E-state index contributed by atoms with van der Waals surface area (Å²) in [5.41, 5.74) is 0. The number of carboxylic acids is 1. The molecule has 3 heteroatoms. The Balaban J connectivity index is 1.98. The van der Waals surface area contributed by atoms with Gasteiger partial charge in [-0.05, 0) is 24.8 Å². The van der Waals surface area contributed by atoms with Crippen molar-refractivity contribution >= 4 is 5.97 Å². The molecule has 1 saturated carbocycles. The van der Waals surface area contributed by atoms with E-state index in [-0.39, 0.29) is 6.04 Å². The van der Waals surface area contributed by atoms with Crippen LogP contribution in [0.4, 0.5) is 0 Å². The van der Waals surface area contributed by atoms with Gasteiger partial charge in [0.1, 0.15) is 6.04 Å². The van der Waals surface area contributed by atoms with Gasteiger partial charge in [0.05, 0.1) is 0 Å². The molecule has 1 aliphatic carbocycles. The molecule has 1 aliphatic heterocycles. The van der Waals surface area contributed by atoms with Gasteiger partial charge >= 0.3 is 5.97 Å². The number of carbonyl (C=O) groups is 1. The molecule has 0 unspecified atom stereocenters. The van der Waals surface area contributed by atoms with Crippen molar-refractivity contribution in [2.24, 2.45) is 11.8 Å². The molecule has 1 saturated heterocycles. The molecule has 2 atom stereocenters. The maximum atomic E-state index is 10.8. The van der Waals surface area contributed by atoms with Crippen LogP contribution in [0, 0.1) is 11.8 Å². The number of carboxylic acid groups (broad SMARTS) is 1. The van der Waals surface area contributed by atoms with Gasteiger partial charge in [-0.15, -0.1) is 0 Å². The summed E-state index contributed by atoms with van der Waals surface area (Å²) in [6.45, 7) is 0.887. The van der Waals surface area contributed by atoms with Crippen LogP contribution < -0.4 is 5.32 Å². The third kappa shape index (κ3) is 1.22. The first-order chi connectivity index (χ1) is 5.79. The quantitative estimate of drug-likeness (QED) is 0.644. The van der Waals surface area contributed by atoms with Gasteiger partial charge in [0, 0.05) is 0 Å². The average molecular weight is 169 g/mol. The molecule has 0 aromatic heterocycles. The fraction of sp³-hybridized carbons (Fsp3) is 0.889. The molecule has 0 aromatic rings. The van der Waals surface area contributed by atoms with Gasteiger partial charge in [0.25, 0.3) is 0 Å². The fourth-order valence-electron chi connectivity index (χ4n) is 2.37. The van der Waals surface area contributed by atoms with Crippen LogP contribution in [0.15, 0.2) is 0 Å². The third-order valence-corrected chi connectivity index (χ3v) is 3.29. The Morgan fingerprint density at radius 1 is 1.33 bits per heavy atom. The van der Waals surface area contributed by atoms with Crippen molar-refractivity contribution in [2.75, 3.05) is 6.54 Å². The molecular weight excluding hydrogens is 154 g/mol. The summed E-state index contributed by atoms with van der Waals surface area (Å²) in [5.74, 6) is 0.446. The van der Waals surface area contributed by atoms with Crippen LogP contribution in [0.2, 0.25) is 0 Å². The van der Waals surface area contributed by atoms with Crippen LogP contribution in [-0.4, -0.2) is 23.7 Å². The van der Waals surface area contributed by atoms with E-state index in [4.69, 9.17) is 5.11 Å². The number of aliphatic carboxylic acids is 1. The molecule has 3 nitrogen and oxygen atoms in total. The van der Waals surface area contributed by atoms with Crippen LogP contribution in [-0.2, 0) is 4.79 Å². The lowest BCUT2D eigenvalue weighted by atomic mass is 9.73. The lowest BCUT2D eigenvalue weighted by Crippen LogP contribution is -2.40. The van der Waals surface area contributed by atoms with Crippen LogP contribution in [0.1, 0.15) is 25.7 Å². The fourth-order valence-corrected chi connectivity index (χ4v) is 2.37. The topological polar surface area (TPSA) is 49.3 Å². The van der Waals surface area contributed by atoms with E-state index in [0.29, 0.717) is 11.8 Å². The molecule has 2 rings (SSSR count). The first-order valence-corrected chi connectivity index (χ1v) is 4.75. The highest BCUT2D eigenvalue weighted by atomic mass is 16.4. The Bertz CT molecular complexity index is 189. The zero-order chi connectivity index (χ0) is 8.55. The standard InChI is InChI=1S/C9H15NO2/c11-9(12)8-7(4-5-10-8)6-2-1-3-6/h6-8,10H,1-5H2,(H,11,12)/t7-,8-/m1/s1. The molecule has 0 radical (unpaired) electrons. The smallest absolute Gasteiger partial charge is 0.320 e. The lowest BCUT2D eigenvalue weighted by molar-refractivity contribution is -0.140. The molecule has 68 valence electrons. The van der Waals surface area contributed by atoms with Crippen LogP contribution in [0.5, 0.6) is 0 Å². The first-order valence-electron chi connectivity index (χ1n) is 4.75. The predicted molar refractivity (Wildman–Crippen MR) is 44.9 cm³/mol. The van der Waals surface area contributed by atoms with Crippen molar-refractivity contribution in [1.82, 2.24) is 5.32 Å². The van der Waals surface area contributed by atoms with Gasteiger partial charge in [-0.25, -0.2) is 0 Å². The minimum atomic E-state index is -0.663. The summed E-state index contributed by atoms with van der Waals surface area (Å²) in [6, 6.07) is -0.254. The van der Waals surface area contributed by atoms with Gasteiger partial charge in [0.15, 0.2) is 0 Å². The zero-order valence-electron chi connectivity index (χ0n) is 7.12. The molecule has 0 aromatic carbocycles. The number of nitrogens with one attached hydrogen (secondary N) is 1. The molecule has 2 fully saturated rings. The van der Waals surface area contributed by atoms with E-state index in [0.717, 1.165) is 13.0 Å². The SMILES string of the molecule is O=C(O)[C@@H]1NCC[C@@H]1C1CCC1. The predicted octanol–water partition coefficient (Wildman–Crippen LogP) is 0.849. The highest BCUT2D eigenvalue weighted by Crippen LogP contribution is 2.38. The Kier molecular flexibility index (Phi) is 2.05. The number of rotatable bonds is 2. The van der Waals surface area contributed by atoms with Gasteiger partial charge < -0.3 is 10.4 Å².